The Hall–Kier alpha value is -1.11. The second kappa shape index (κ2) is 5.69. The highest BCUT2D eigenvalue weighted by Crippen LogP contribution is 2.23. The van der Waals surface area contributed by atoms with Crippen molar-refractivity contribution in [2.45, 2.75) is 38.1 Å². The number of benzene rings is 1. The number of aryl methyl sites for hydroxylation is 1. The number of anilines is 1. The van der Waals surface area contributed by atoms with Crippen LogP contribution in [0, 0.1) is 13.8 Å². The third kappa shape index (κ3) is 3.22. The van der Waals surface area contributed by atoms with Gasteiger partial charge in [-0.1, -0.05) is 6.92 Å². The summed E-state index contributed by atoms with van der Waals surface area (Å²) >= 11 is 0. The maximum absolute atomic E-state index is 12.2. The highest BCUT2D eigenvalue weighted by atomic mass is 32.2. The SMILES string of the molecule is CC[C@H](CO)NS(=O)(=O)c1cc(C)cc(N)c1C. The maximum atomic E-state index is 12.2. The first kappa shape index (κ1) is 14.9. The zero-order valence-electron chi connectivity index (χ0n) is 10.9. The van der Waals surface area contributed by atoms with Gasteiger partial charge < -0.3 is 10.8 Å². The van der Waals surface area contributed by atoms with E-state index in [0.29, 0.717) is 17.7 Å². The molecule has 1 rings (SSSR count). The Morgan fingerprint density at radius 1 is 1.39 bits per heavy atom. The van der Waals surface area contributed by atoms with Gasteiger partial charge in [0.05, 0.1) is 11.5 Å². The fourth-order valence-corrected chi connectivity index (χ4v) is 3.33. The summed E-state index contributed by atoms with van der Waals surface area (Å²) in [5, 5.41) is 9.06. The molecule has 0 radical (unpaired) electrons. The number of rotatable bonds is 5. The lowest BCUT2D eigenvalue weighted by Gasteiger charge is -2.17. The minimum absolute atomic E-state index is 0.173. The smallest absolute Gasteiger partial charge is 0.241 e. The van der Waals surface area contributed by atoms with Crippen LogP contribution in [0.5, 0.6) is 0 Å². The molecule has 102 valence electrons. The Morgan fingerprint density at radius 3 is 2.50 bits per heavy atom. The van der Waals surface area contributed by atoms with E-state index in [1.54, 1.807) is 32.9 Å². The van der Waals surface area contributed by atoms with Gasteiger partial charge in [0, 0.05) is 11.7 Å². The molecule has 0 bridgehead atoms. The Labute approximate surface area is 108 Å². The van der Waals surface area contributed by atoms with Gasteiger partial charge in [-0.2, -0.15) is 0 Å². The van der Waals surface area contributed by atoms with Gasteiger partial charge in [0.15, 0.2) is 0 Å². The maximum Gasteiger partial charge on any atom is 0.241 e. The molecule has 0 aliphatic heterocycles. The normalized spacial score (nSPS) is 13.6. The summed E-state index contributed by atoms with van der Waals surface area (Å²) in [6.45, 7) is 5.04. The van der Waals surface area contributed by atoms with Gasteiger partial charge in [0.1, 0.15) is 0 Å². The Balaban J connectivity index is 3.20. The van der Waals surface area contributed by atoms with Gasteiger partial charge in [-0.15, -0.1) is 0 Å². The van der Waals surface area contributed by atoms with Crippen LogP contribution in [0.15, 0.2) is 17.0 Å². The third-order valence-corrected chi connectivity index (χ3v) is 4.52. The van der Waals surface area contributed by atoms with E-state index in [2.05, 4.69) is 4.72 Å². The quantitative estimate of drug-likeness (QED) is 0.695. The minimum atomic E-state index is -3.65. The molecule has 0 amide bonds. The molecule has 0 unspecified atom stereocenters. The zero-order chi connectivity index (χ0) is 13.9. The van der Waals surface area contributed by atoms with Crippen molar-refractivity contribution < 1.29 is 13.5 Å². The summed E-state index contributed by atoms with van der Waals surface area (Å²) in [5.74, 6) is 0. The number of aliphatic hydroxyl groups excluding tert-OH is 1. The van der Waals surface area contributed by atoms with Crippen LogP contribution in [0.3, 0.4) is 0 Å². The number of hydrogen-bond donors (Lipinski definition) is 3. The fraction of sp³-hybridized carbons (Fsp3) is 0.500. The monoisotopic (exact) mass is 272 g/mol. The van der Waals surface area contributed by atoms with Crippen LogP contribution in [0.4, 0.5) is 5.69 Å². The number of nitrogen functional groups attached to an aromatic ring is 1. The highest BCUT2D eigenvalue weighted by molar-refractivity contribution is 7.89. The van der Waals surface area contributed by atoms with Crippen LogP contribution in [0.2, 0.25) is 0 Å². The molecule has 0 spiro atoms. The lowest BCUT2D eigenvalue weighted by molar-refractivity contribution is 0.254. The first-order valence-corrected chi connectivity index (χ1v) is 7.30. The topological polar surface area (TPSA) is 92.4 Å². The molecule has 1 atom stereocenters. The van der Waals surface area contributed by atoms with Gasteiger partial charge in [-0.25, -0.2) is 13.1 Å². The van der Waals surface area contributed by atoms with Crippen LogP contribution in [-0.4, -0.2) is 26.2 Å². The average molecular weight is 272 g/mol. The predicted molar refractivity (Wildman–Crippen MR) is 71.8 cm³/mol. The molecular formula is C12H20N2O3S. The number of nitrogens with one attached hydrogen (secondary N) is 1. The van der Waals surface area contributed by atoms with Crippen LogP contribution in [0.25, 0.3) is 0 Å². The second-order valence-electron chi connectivity index (χ2n) is 4.39. The van der Waals surface area contributed by atoms with Gasteiger partial charge in [-0.05, 0) is 43.5 Å². The van der Waals surface area contributed by atoms with Crippen molar-refractivity contribution in [3.8, 4) is 0 Å². The number of nitrogens with two attached hydrogens (primary N) is 1. The Morgan fingerprint density at radius 2 is 2.00 bits per heavy atom. The molecule has 0 aliphatic rings. The van der Waals surface area contributed by atoms with Crippen LogP contribution >= 0.6 is 0 Å². The van der Waals surface area contributed by atoms with Crippen molar-refractivity contribution in [1.82, 2.24) is 4.72 Å². The summed E-state index contributed by atoms with van der Waals surface area (Å²) in [4.78, 5) is 0.173. The van der Waals surface area contributed by atoms with E-state index < -0.39 is 16.1 Å². The molecule has 0 saturated carbocycles. The van der Waals surface area contributed by atoms with E-state index in [1.807, 2.05) is 0 Å². The predicted octanol–water partition coefficient (Wildman–Crippen LogP) is 0.935. The fourth-order valence-electron chi connectivity index (χ4n) is 1.66. The van der Waals surface area contributed by atoms with Gasteiger partial charge in [0.2, 0.25) is 10.0 Å². The van der Waals surface area contributed by atoms with E-state index in [4.69, 9.17) is 10.8 Å². The molecule has 5 nitrogen and oxygen atoms in total. The van der Waals surface area contributed by atoms with E-state index in [1.165, 1.54) is 0 Å². The number of aliphatic hydroxyl groups is 1. The second-order valence-corrected chi connectivity index (χ2v) is 6.07. The molecule has 18 heavy (non-hydrogen) atoms. The zero-order valence-corrected chi connectivity index (χ0v) is 11.7. The van der Waals surface area contributed by atoms with Crippen LogP contribution in [0.1, 0.15) is 24.5 Å². The van der Waals surface area contributed by atoms with Crippen molar-refractivity contribution in [2.24, 2.45) is 0 Å². The molecule has 0 heterocycles. The molecule has 0 aromatic heterocycles. The van der Waals surface area contributed by atoms with Crippen LogP contribution < -0.4 is 10.5 Å². The summed E-state index contributed by atoms with van der Waals surface area (Å²) in [6, 6.07) is 2.84. The summed E-state index contributed by atoms with van der Waals surface area (Å²) in [7, 11) is -3.65. The molecule has 0 fully saturated rings. The van der Waals surface area contributed by atoms with Gasteiger partial charge >= 0.3 is 0 Å². The standard InChI is InChI=1S/C12H20N2O3S/c1-4-10(7-15)14-18(16,17)12-6-8(2)5-11(13)9(12)3/h5-6,10,14-15H,4,7,13H2,1-3H3/t10-/m1/s1. The van der Waals surface area contributed by atoms with Crippen LogP contribution in [-0.2, 0) is 10.0 Å². The largest absolute Gasteiger partial charge is 0.398 e. The first-order chi connectivity index (χ1) is 8.31. The van der Waals surface area contributed by atoms with Crippen molar-refractivity contribution >= 4 is 15.7 Å². The van der Waals surface area contributed by atoms with Crippen molar-refractivity contribution in [2.75, 3.05) is 12.3 Å². The van der Waals surface area contributed by atoms with Gasteiger partial charge in [-0.3, -0.25) is 0 Å². The van der Waals surface area contributed by atoms with E-state index in [9.17, 15) is 8.42 Å². The molecule has 1 aromatic rings. The Kier molecular flexibility index (Phi) is 4.72. The average Bonchev–Trinajstić information content (AvgIpc) is 2.30. The number of sulfonamides is 1. The lowest BCUT2D eigenvalue weighted by atomic mass is 10.1. The van der Waals surface area contributed by atoms with E-state index in [0.717, 1.165) is 5.56 Å². The minimum Gasteiger partial charge on any atom is -0.398 e. The lowest BCUT2D eigenvalue weighted by Crippen LogP contribution is -2.37. The van der Waals surface area contributed by atoms with E-state index >= 15 is 0 Å². The summed E-state index contributed by atoms with van der Waals surface area (Å²) in [5.41, 5.74) is 7.54. The van der Waals surface area contributed by atoms with Crippen molar-refractivity contribution in [3.63, 3.8) is 0 Å². The molecule has 0 saturated heterocycles. The molecule has 1 aromatic carbocycles. The Bertz CT molecular complexity index is 522. The molecule has 4 N–H and O–H groups in total. The number of hydrogen-bond acceptors (Lipinski definition) is 4. The van der Waals surface area contributed by atoms with Gasteiger partial charge in [0.25, 0.3) is 0 Å². The highest BCUT2D eigenvalue weighted by Gasteiger charge is 2.21. The summed E-state index contributed by atoms with van der Waals surface area (Å²) in [6.07, 6.45) is 0.524. The summed E-state index contributed by atoms with van der Waals surface area (Å²) < 4.78 is 26.9. The van der Waals surface area contributed by atoms with Crippen molar-refractivity contribution in [1.29, 1.82) is 0 Å². The first-order valence-electron chi connectivity index (χ1n) is 5.81. The molecule has 0 aliphatic carbocycles. The van der Waals surface area contributed by atoms with Crippen molar-refractivity contribution in [3.05, 3.63) is 23.3 Å². The van der Waals surface area contributed by atoms with E-state index in [-0.39, 0.29) is 11.5 Å². The molecule has 6 heteroatoms. The third-order valence-electron chi connectivity index (χ3n) is 2.87. The molecular weight excluding hydrogens is 252 g/mol.